The van der Waals surface area contributed by atoms with Crippen LogP contribution in [0.5, 0.6) is 0 Å². The third-order valence-electron chi connectivity index (χ3n) is 4.82. The van der Waals surface area contributed by atoms with Crippen LogP contribution in [0.25, 0.3) is 11.5 Å². The summed E-state index contributed by atoms with van der Waals surface area (Å²) in [5, 5.41) is 7.22. The zero-order chi connectivity index (χ0) is 19.8. The van der Waals surface area contributed by atoms with E-state index in [-0.39, 0.29) is 28.4 Å². The molecule has 1 atom stereocenters. The lowest BCUT2D eigenvalue weighted by molar-refractivity contribution is 0.190. The number of rotatable bonds is 5. The highest BCUT2D eigenvalue weighted by molar-refractivity contribution is 7.89. The first-order chi connectivity index (χ1) is 12.7. The Morgan fingerprint density at radius 1 is 1.41 bits per heavy atom. The molecule has 8 nitrogen and oxygen atoms in total. The van der Waals surface area contributed by atoms with Crippen LogP contribution in [0.3, 0.4) is 0 Å². The van der Waals surface area contributed by atoms with Gasteiger partial charge in [-0.3, -0.25) is 4.90 Å². The first-order valence-corrected chi connectivity index (χ1v) is 10.2. The minimum atomic E-state index is -3.75. The Kier molecular flexibility index (Phi) is 5.61. The summed E-state index contributed by atoms with van der Waals surface area (Å²) >= 11 is 0. The smallest absolute Gasteiger partial charge is 0.261 e. The molecule has 1 N–H and O–H groups in total. The number of sulfonamides is 1. The highest BCUT2D eigenvalue weighted by Gasteiger charge is 2.28. The van der Waals surface area contributed by atoms with E-state index in [1.165, 1.54) is 23.5 Å². The lowest BCUT2D eigenvalue weighted by Crippen LogP contribution is -2.44. The predicted molar refractivity (Wildman–Crippen MR) is 98.0 cm³/mol. The molecule has 1 saturated heterocycles. The summed E-state index contributed by atoms with van der Waals surface area (Å²) in [5.74, 6) is -0.219. The Hall–Kier alpha value is -1.88. The maximum absolute atomic E-state index is 14.4. The van der Waals surface area contributed by atoms with Gasteiger partial charge in [0.2, 0.25) is 10.0 Å². The fourth-order valence-electron chi connectivity index (χ4n) is 2.85. The summed E-state index contributed by atoms with van der Waals surface area (Å²) in [6.07, 6.45) is 0. The van der Waals surface area contributed by atoms with Gasteiger partial charge in [-0.15, -0.1) is 0 Å². The van der Waals surface area contributed by atoms with Crippen LogP contribution in [0.15, 0.2) is 27.6 Å². The van der Waals surface area contributed by atoms with Crippen LogP contribution in [0.4, 0.5) is 4.39 Å². The quantitative estimate of drug-likeness (QED) is 0.817. The van der Waals surface area contributed by atoms with Gasteiger partial charge in [0.15, 0.2) is 5.82 Å². The third kappa shape index (κ3) is 3.88. The lowest BCUT2D eigenvalue weighted by atomic mass is 10.2. The number of piperazine rings is 1. The first kappa shape index (κ1) is 19.9. The Balaban J connectivity index is 1.96. The number of hydrogen-bond donors (Lipinski definition) is 1. The molecule has 2 heterocycles. The minimum absolute atomic E-state index is 0.0219. The molecule has 1 aliphatic heterocycles. The predicted octanol–water partition coefficient (Wildman–Crippen LogP) is 1.48. The average Bonchev–Trinajstić information content (AvgIpc) is 3.11. The molecule has 0 radical (unpaired) electrons. The maximum atomic E-state index is 14.4. The van der Waals surface area contributed by atoms with Gasteiger partial charge in [-0.1, -0.05) is 5.16 Å². The number of nitrogens with zero attached hydrogens (tertiary/aromatic N) is 4. The van der Waals surface area contributed by atoms with Crippen molar-refractivity contribution in [2.45, 2.75) is 30.8 Å². The van der Waals surface area contributed by atoms with E-state index in [1.54, 1.807) is 13.8 Å². The highest BCUT2D eigenvalue weighted by Crippen LogP contribution is 2.28. The molecule has 148 valence electrons. The van der Waals surface area contributed by atoms with E-state index in [1.807, 2.05) is 7.05 Å². The number of halogens is 1. The van der Waals surface area contributed by atoms with E-state index < -0.39 is 15.8 Å². The minimum Gasteiger partial charge on any atom is -0.334 e. The van der Waals surface area contributed by atoms with E-state index >= 15 is 0 Å². The fraction of sp³-hybridized carbons (Fsp3) is 0.529. The Bertz CT molecular complexity index is 915. The monoisotopic (exact) mass is 397 g/mol. The zero-order valence-electron chi connectivity index (χ0n) is 15.8. The fourth-order valence-corrected chi connectivity index (χ4v) is 4.24. The average molecular weight is 397 g/mol. The van der Waals surface area contributed by atoms with E-state index in [9.17, 15) is 12.8 Å². The Morgan fingerprint density at radius 3 is 2.81 bits per heavy atom. The molecular weight excluding hydrogens is 373 g/mol. The summed E-state index contributed by atoms with van der Waals surface area (Å²) in [6, 6.07) is 3.27. The maximum Gasteiger partial charge on any atom is 0.261 e. The van der Waals surface area contributed by atoms with Crippen LogP contribution in [0.2, 0.25) is 0 Å². The largest absolute Gasteiger partial charge is 0.334 e. The molecule has 0 aliphatic carbocycles. The van der Waals surface area contributed by atoms with Gasteiger partial charge >= 0.3 is 0 Å². The van der Waals surface area contributed by atoms with Gasteiger partial charge in [0.05, 0.1) is 16.5 Å². The number of nitrogens with one attached hydrogen (secondary N) is 1. The second-order valence-corrected chi connectivity index (χ2v) is 8.91. The van der Waals surface area contributed by atoms with Gasteiger partial charge in [-0.25, -0.2) is 12.8 Å². The second kappa shape index (κ2) is 7.63. The normalized spacial score (nSPS) is 19.1. The van der Waals surface area contributed by atoms with Crippen molar-refractivity contribution in [1.82, 2.24) is 24.7 Å². The molecule has 0 saturated carbocycles. The van der Waals surface area contributed by atoms with Gasteiger partial charge in [0.25, 0.3) is 5.89 Å². The number of aromatic nitrogens is 2. The van der Waals surface area contributed by atoms with Crippen LogP contribution in [0, 0.1) is 5.82 Å². The molecule has 0 amide bonds. The molecule has 1 aromatic heterocycles. The lowest BCUT2D eigenvalue weighted by Gasteiger charge is -2.30. The van der Waals surface area contributed by atoms with Crippen molar-refractivity contribution in [1.29, 1.82) is 0 Å². The van der Waals surface area contributed by atoms with E-state index in [0.29, 0.717) is 12.4 Å². The molecule has 1 aliphatic rings. The van der Waals surface area contributed by atoms with Gasteiger partial charge in [-0.05, 0) is 39.1 Å². The summed E-state index contributed by atoms with van der Waals surface area (Å²) in [7, 11) is -0.308. The van der Waals surface area contributed by atoms with Gasteiger partial charge in [0.1, 0.15) is 5.82 Å². The third-order valence-corrected chi connectivity index (χ3v) is 6.85. The molecule has 1 aromatic carbocycles. The Labute approximate surface area is 158 Å². The van der Waals surface area contributed by atoms with Crippen molar-refractivity contribution < 1.29 is 17.3 Å². The van der Waals surface area contributed by atoms with Crippen LogP contribution in [-0.4, -0.2) is 67.5 Å². The molecular formula is C17H24FN5O3S. The number of hydrogen-bond acceptors (Lipinski definition) is 7. The van der Waals surface area contributed by atoms with Crippen LogP contribution in [0.1, 0.15) is 25.7 Å². The van der Waals surface area contributed by atoms with Gasteiger partial charge < -0.3 is 9.84 Å². The highest BCUT2D eigenvalue weighted by atomic mass is 32.2. The SMILES string of the molecule is CC(C)N(C)S(=O)(=O)c1ccc(F)c(-c2nc(C3CNCCN3C)no2)c1. The summed E-state index contributed by atoms with van der Waals surface area (Å²) in [4.78, 5) is 6.37. The molecule has 10 heteroatoms. The van der Waals surface area contributed by atoms with E-state index in [0.717, 1.165) is 19.2 Å². The van der Waals surface area contributed by atoms with Crippen molar-refractivity contribution >= 4 is 10.0 Å². The number of likely N-dealkylation sites (N-methyl/N-ethyl adjacent to an activating group) is 1. The summed E-state index contributed by atoms with van der Waals surface area (Å²) in [6.45, 7) is 5.89. The molecule has 1 unspecified atom stereocenters. The molecule has 27 heavy (non-hydrogen) atoms. The topological polar surface area (TPSA) is 91.6 Å². The van der Waals surface area contributed by atoms with Crippen molar-refractivity contribution in [3.63, 3.8) is 0 Å². The van der Waals surface area contributed by atoms with Crippen molar-refractivity contribution in [2.24, 2.45) is 0 Å². The standard InChI is InChI=1S/C17H24FN5O3S/c1-11(2)23(4)27(24,25)12-5-6-14(18)13(9-12)17-20-16(21-26-17)15-10-19-7-8-22(15)3/h5-6,9,11,15,19H,7-8,10H2,1-4H3. The molecule has 2 aromatic rings. The second-order valence-electron chi connectivity index (χ2n) is 6.91. The van der Waals surface area contributed by atoms with Crippen molar-refractivity contribution in [3.05, 3.63) is 29.8 Å². The molecule has 0 bridgehead atoms. The molecule has 3 rings (SSSR count). The molecule has 0 spiro atoms. The molecule has 1 fully saturated rings. The summed E-state index contributed by atoms with van der Waals surface area (Å²) < 4.78 is 46.2. The first-order valence-electron chi connectivity index (χ1n) is 8.74. The van der Waals surface area contributed by atoms with E-state index in [2.05, 4.69) is 20.4 Å². The van der Waals surface area contributed by atoms with Crippen LogP contribution in [-0.2, 0) is 10.0 Å². The van der Waals surface area contributed by atoms with Gasteiger partial charge in [-0.2, -0.15) is 9.29 Å². The van der Waals surface area contributed by atoms with Crippen molar-refractivity contribution in [2.75, 3.05) is 33.7 Å². The van der Waals surface area contributed by atoms with Crippen LogP contribution >= 0.6 is 0 Å². The number of benzene rings is 1. The van der Waals surface area contributed by atoms with E-state index in [4.69, 9.17) is 4.52 Å². The summed E-state index contributed by atoms with van der Waals surface area (Å²) in [5.41, 5.74) is -0.0293. The van der Waals surface area contributed by atoms with Crippen molar-refractivity contribution in [3.8, 4) is 11.5 Å². The van der Waals surface area contributed by atoms with Gasteiger partial charge in [0, 0.05) is 32.7 Å². The Morgan fingerprint density at radius 2 is 2.15 bits per heavy atom. The van der Waals surface area contributed by atoms with Crippen LogP contribution < -0.4 is 5.32 Å². The zero-order valence-corrected chi connectivity index (χ0v) is 16.6.